The summed E-state index contributed by atoms with van der Waals surface area (Å²) >= 11 is 0. The lowest BCUT2D eigenvalue weighted by Gasteiger charge is -2.27. The molecule has 3 nitrogen and oxygen atoms in total. The Morgan fingerprint density at radius 3 is 2.80 bits per heavy atom. The van der Waals surface area contributed by atoms with Crippen molar-refractivity contribution in [2.45, 2.75) is 58.6 Å². The van der Waals surface area contributed by atoms with E-state index in [1.807, 2.05) is 6.20 Å². The Morgan fingerprint density at radius 2 is 2.25 bits per heavy atom. The van der Waals surface area contributed by atoms with E-state index in [0.29, 0.717) is 18.1 Å². The highest BCUT2D eigenvalue weighted by Crippen LogP contribution is 2.24. The second-order valence-corrected chi connectivity index (χ2v) is 5.88. The van der Waals surface area contributed by atoms with Gasteiger partial charge < -0.3 is 10.1 Å². The lowest BCUT2D eigenvalue weighted by molar-refractivity contribution is 0.0607. The first-order valence-electron chi connectivity index (χ1n) is 8.03. The summed E-state index contributed by atoms with van der Waals surface area (Å²) in [5.74, 6) is 0.638. The van der Waals surface area contributed by atoms with Crippen molar-refractivity contribution < 1.29 is 4.74 Å². The van der Waals surface area contributed by atoms with Gasteiger partial charge in [0.1, 0.15) is 0 Å². The quantitative estimate of drug-likeness (QED) is 0.831. The first-order valence-corrected chi connectivity index (χ1v) is 8.03. The number of rotatable bonds is 7. The summed E-state index contributed by atoms with van der Waals surface area (Å²) in [5.41, 5.74) is 2.47. The molecule has 0 aromatic carbocycles. The molecule has 1 saturated heterocycles. The van der Waals surface area contributed by atoms with E-state index in [1.165, 1.54) is 17.7 Å². The molecule has 3 heteroatoms. The van der Waals surface area contributed by atoms with Crippen LogP contribution in [0.25, 0.3) is 0 Å². The van der Waals surface area contributed by atoms with Crippen molar-refractivity contribution in [3.63, 3.8) is 0 Å². The number of nitrogens with zero attached hydrogens (tertiary/aromatic N) is 1. The van der Waals surface area contributed by atoms with Crippen molar-refractivity contribution in [2.75, 3.05) is 13.2 Å². The number of pyridine rings is 1. The Hall–Kier alpha value is -0.930. The Balaban J connectivity index is 2.01. The summed E-state index contributed by atoms with van der Waals surface area (Å²) in [5, 5.41) is 3.65. The van der Waals surface area contributed by atoms with Gasteiger partial charge in [0.2, 0.25) is 0 Å². The molecule has 1 aromatic rings. The lowest BCUT2D eigenvalue weighted by Crippen LogP contribution is -2.44. The van der Waals surface area contributed by atoms with Gasteiger partial charge in [-0.2, -0.15) is 0 Å². The molecule has 1 fully saturated rings. The van der Waals surface area contributed by atoms with Crippen LogP contribution in [0, 0.1) is 5.92 Å². The third kappa shape index (κ3) is 4.03. The second kappa shape index (κ2) is 7.75. The Morgan fingerprint density at radius 1 is 1.40 bits per heavy atom. The highest BCUT2D eigenvalue weighted by molar-refractivity contribution is 5.15. The minimum absolute atomic E-state index is 0.328. The Bertz CT molecular complexity index is 390. The zero-order valence-electron chi connectivity index (χ0n) is 13.1. The molecule has 2 heterocycles. The zero-order chi connectivity index (χ0) is 14.4. The Labute approximate surface area is 123 Å². The standard InChI is InChI=1S/C17H28N2O/c1-4-9-18-16(17-13(3)8-10-20-17)11-15-7-6-14(5-2)12-19-15/h6-7,12-13,16-18H,4-5,8-11H2,1-3H3. The van der Waals surface area contributed by atoms with Crippen LogP contribution in [0.5, 0.6) is 0 Å². The van der Waals surface area contributed by atoms with Crippen molar-refractivity contribution in [2.24, 2.45) is 5.92 Å². The maximum absolute atomic E-state index is 5.95. The summed E-state index contributed by atoms with van der Waals surface area (Å²) in [6.45, 7) is 8.61. The number of nitrogens with one attached hydrogen (secondary N) is 1. The van der Waals surface area contributed by atoms with Crippen molar-refractivity contribution in [1.29, 1.82) is 0 Å². The second-order valence-electron chi connectivity index (χ2n) is 5.88. The van der Waals surface area contributed by atoms with E-state index >= 15 is 0 Å². The van der Waals surface area contributed by atoms with Gasteiger partial charge in [-0.15, -0.1) is 0 Å². The molecule has 1 aliphatic heterocycles. The molecule has 0 aliphatic carbocycles. The SMILES string of the molecule is CCCNC(Cc1ccc(CC)cn1)C1OCCC1C. The summed E-state index contributed by atoms with van der Waals surface area (Å²) < 4.78 is 5.95. The summed E-state index contributed by atoms with van der Waals surface area (Å²) in [6.07, 6.45) is 6.67. The smallest absolute Gasteiger partial charge is 0.0758 e. The molecule has 0 saturated carbocycles. The van der Waals surface area contributed by atoms with Gasteiger partial charge in [0.15, 0.2) is 0 Å². The lowest BCUT2D eigenvalue weighted by atomic mass is 9.94. The van der Waals surface area contributed by atoms with Gasteiger partial charge in [0.05, 0.1) is 6.10 Å². The Kier molecular flexibility index (Phi) is 5.99. The van der Waals surface area contributed by atoms with Gasteiger partial charge >= 0.3 is 0 Å². The highest BCUT2D eigenvalue weighted by Gasteiger charge is 2.31. The molecule has 3 atom stereocenters. The average Bonchev–Trinajstić information content (AvgIpc) is 2.90. The normalized spacial score (nSPS) is 23.9. The third-order valence-electron chi connectivity index (χ3n) is 4.22. The van der Waals surface area contributed by atoms with Crippen LogP contribution in [0.15, 0.2) is 18.3 Å². The fraction of sp³-hybridized carbons (Fsp3) is 0.706. The molecule has 1 N–H and O–H groups in total. The molecule has 112 valence electrons. The van der Waals surface area contributed by atoms with Crippen molar-refractivity contribution in [3.8, 4) is 0 Å². The number of hydrogen-bond acceptors (Lipinski definition) is 3. The van der Waals surface area contributed by atoms with E-state index in [2.05, 4.69) is 43.2 Å². The van der Waals surface area contributed by atoms with Crippen molar-refractivity contribution in [1.82, 2.24) is 10.3 Å². The fourth-order valence-corrected chi connectivity index (χ4v) is 2.88. The molecule has 0 bridgehead atoms. The van der Waals surface area contributed by atoms with Crippen LogP contribution >= 0.6 is 0 Å². The molecule has 0 amide bonds. The highest BCUT2D eigenvalue weighted by atomic mass is 16.5. The predicted octanol–water partition coefficient (Wildman–Crippen LogP) is 2.98. The summed E-state index contributed by atoms with van der Waals surface area (Å²) in [6, 6.07) is 4.74. The molecule has 1 aromatic heterocycles. The van der Waals surface area contributed by atoms with Crippen molar-refractivity contribution in [3.05, 3.63) is 29.6 Å². The molecule has 0 radical (unpaired) electrons. The summed E-state index contributed by atoms with van der Waals surface area (Å²) in [4.78, 5) is 4.60. The van der Waals surface area contributed by atoms with Gasteiger partial charge in [-0.05, 0) is 43.4 Å². The molecule has 3 unspecified atom stereocenters. The molecular formula is C17H28N2O. The van der Waals surface area contributed by atoms with Gasteiger partial charge in [0.25, 0.3) is 0 Å². The molecule has 1 aliphatic rings. The zero-order valence-corrected chi connectivity index (χ0v) is 13.1. The van der Waals surface area contributed by atoms with E-state index in [-0.39, 0.29) is 0 Å². The van der Waals surface area contributed by atoms with E-state index < -0.39 is 0 Å². The van der Waals surface area contributed by atoms with Crippen LogP contribution in [0.4, 0.5) is 0 Å². The summed E-state index contributed by atoms with van der Waals surface area (Å²) in [7, 11) is 0. The van der Waals surface area contributed by atoms with Crippen LogP contribution in [-0.2, 0) is 17.6 Å². The number of aromatic nitrogens is 1. The van der Waals surface area contributed by atoms with Gasteiger partial charge in [-0.3, -0.25) is 4.98 Å². The van der Waals surface area contributed by atoms with Gasteiger partial charge in [0, 0.05) is 31.0 Å². The van der Waals surface area contributed by atoms with Gasteiger partial charge in [-0.25, -0.2) is 0 Å². The number of hydrogen-bond donors (Lipinski definition) is 1. The van der Waals surface area contributed by atoms with E-state index in [1.54, 1.807) is 0 Å². The maximum Gasteiger partial charge on any atom is 0.0758 e. The monoisotopic (exact) mass is 276 g/mol. The van der Waals surface area contributed by atoms with Crippen LogP contribution in [0.1, 0.15) is 44.9 Å². The molecule has 20 heavy (non-hydrogen) atoms. The molecular weight excluding hydrogens is 248 g/mol. The maximum atomic E-state index is 5.95. The van der Waals surface area contributed by atoms with E-state index in [0.717, 1.165) is 32.4 Å². The van der Waals surface area contributed by atoms with E-state index in [4.69, 9.17) is 4.74 Å². The average molecular weight is 276 g/mol. The first-order chi connectivity index (χ1) is 9.74. The fourth-order valence-electron chi connectivity index (χ4n) is 2.88. The minimum Gasteiger partial charge on any atom is -0.376 e. The van der Waals surface area contributed by atoms with Crippen LogP contribution in [0.2, 0.25) is 0 Å². The van der Waals surface area contributed by atoms with Gasteiger partial charge in [-0.1, -0.05) is 26.8 Å². The third-order valence-corrected chi connectivity index (χ3v) is 4.22. The van der Waals surface area contributed by atoms with Crippen LogP contribution in [-0.4, -0.2) is 30.3 Å². The van der Waals surface area contributed by atoms with Crippen LogP contribution < -0.4 is 5.32 Å². The number of aryl methyl sites for hydroxylation is 1. The molecule has 0 spiro atoms. The van der Waals surface area contributed by atoms with Crippen molar-refractivity contribution >= 4 is 0 Å². The van der Waals surface area contributed by atoms with Crippen LogP contribution in [0.3, 0.4) is 0 Å². The number of ether oxygens (including phenoxy) is 1. The molecule has 2 rings (SSSR count). The predicted molar refractivity (Wildman–Crippen MR) is 82.9 cm³/mol. The topological polar surface area (TPSA) is 34.2 Å². The van der Waals surface area contributed by atoms with E-state index in [9.17, 15) is 0 Å². The first kappa shape index (κ1) is 15.5. The largest absolute Gasteiger partial charge is 0.376 e. The minimum atomic E-state index is 0.328.